The van der Waals surface area contributed by atoms with Gasteiger partial charge in [-0.15, -0.1) is 0 Å². The average Bonchev–Trinajstić information content (AvgIpc) is 3.61. The van der Waals surface area contributed by atoms with Crippen LogP contribution in [-0.2, 0) is 32.3 Å². The van der Waals surface area contributed by atoms with Gasteiger partial charge in [0.25, 0.3) is 5.91 Å². The van der Waals surface area contributed by atoms with E-state index in [1.54, 1.807) is 0 Å². The smallest absolute Gasteiger partial charge is 0.416 e. The van der Waals surface area contributed by atoms with Crippen LogP contribution < -0.4 is 4.74 Å². The number of likely N-dealkylation sites (tertiary alicyclic amines) is 1. The Hall–Kier alpha value is -3.51. The summed E-state index contributed by atoms with van der Waals surface area (Å²) < 4.78 is 51.4. The fourth-order valence-corrected chi connectivity index (χ4v) is 8.89. The molecule has 2 aromatic carbocycles. The van der Waals surface area contributed by atoms with Crippen LogP contribution in [-0.4, -0.2) is 65.6 Å². The van der Waals surface area contributed by atoms with Crippen molar-refractivity contribution in [3.05, 3.63) is 64.7 Å². The molecule has 238 valence electrons. The number of carbonyl (C=O) groups is 2. The molecule has 2 unspecified atom stereocenters. The Morgan fingerprint density at radius 1 is 1.16 bits per heavy atom. The van der Waals surface area contributed by atoms with Crippen molar-refractivity contribution < 1.29 is 32.2 Å². The van der Waals surface area contributed by atoms with Crippen LogP contribution in [0.5, 0.6) is 5.75 Å². The van der Waals surface area contributed by atoms with Crippen molar-refractivity contribution in [3.8, 4) is 17.6 Å². The average molecular weight is 621 g/mol. The molecule has 0 radical (unpaired) electrons. The predicted octanol–water partition coefficient (Wildman–Crippen LogP) is 5.60. The van der Waals surface area contributed by atoms with Crippen LogP contribution in [0.4, 0.5) is 13.2 Å². The number of ether oxygens (including phenoxy) is 2. The van der Waals surface area contributed by atoms with Crippen molar-refractivity contribution in [2.24, 2.45) is 17.8 Å². The molecule has 1 amide bonds. The highest BCUT2D eigenvalue weighted by atomic mass is 19.4. The van der Waals surface area contributed by atoms with Crippen LogP contribution in [0.2, 0.25) is 0 Å². The number of benzene rings is 2. The Kier molecular flexibility index (Phi) is 7.43. The van der Waals surface area contributed by atoms with Gasteiger partial charge in [-0.05, 0) is 86.4 Å². The zero-order chi connectivity index (χ0) is 31.7. The zero-order valence-electron chi connectivity index (χ0n) is 25.9. The van der Waals surface area contributed by atoms with Crippen LogP contribution in [0, 0.1) is 29.6 Å². The van der Waals surface area contributed by atoms with Gasteiger partial charge in [0, 0.05) is 54.4 Å². The molecule has 7 rings (SSSR count). The molecule has 2 bridgehead atoms. The first-order valence-electron chi connectivity index (χ1n) is 16.2. The number of amides is 1. The summed E-state index contributed by atoms with van der Waals surface area (Å²) in [5.74, 6) is 6.95. The molecule has 5 aliphatic rings. The van der Waals surface area contributed by atoms with Gasteiger partial charge in [-0.25, -0.2) is 0 Å². The fourth-order valence-electron chi connectivity index (χ4n) is 8.89. The third kappa shape index (κ3) is 5.29. The summed E-state index contributed by atoms with van der Waals surface area (Å²) >= 11 is 0. The van der Waals surface area contributed by atoms with E-state index >= 15 is 0 Å². The lowest BCUT2D eigenvalue weighted by atomic mass is 9.51. The van der Waals surface area contributed by atoms with E-state index < -0.39 is 11.7 Å². The zero-order valence-corrected chi connectivity index (χ0v) is 25.9. The quantitative estimate of drug-likeness (QED) is 0.311. The van der Waals surface area contributed by atoms with Crippen LogP contribution in [0.1, 0.15) is 68.7 Å². The molecule has 2 saturated carbocycles. The Morgan fingerprint density at radius 2 is 1.93 bits per heavy atom. The minimum atomic E-state index is -4.43. The van der Waals surface area contributed by atoms with Gasteiger partial charge in [0.2, 0.25) is 0 Å². The van der Waals surface area contributed by atoms with Gasteiger partial charge in [-0.3, -0.25) is 14.5 Å². The van der Waals surface area contributed by atoms with Crippen molar-refractivity contribution in [2.75, 3.05) is 19.6 Å². The SMILES string of the molecule is CC(=O)OC1CC1CN1CC[C@]23c4c5cccc4O[C@H]2[C@@H](N(CC(C)C)C(=O)C#Cc2ccc(C(F)(F)F)cc2)CC[C@H]3[C@H]1C5. The minimum absolute atomic E-state index is 0.0263. The molecule has 3 fully saturated rings. The summed E-state index contributed by atoms with van der Waals surface area (Å²) in [6, 6.07) is 11.2. The summed E-state index contributed by atoms with van der Waals surface area (Å²) in [6.07, 6.45) is -0.00452. The number of alkyl halides is 3. The highest BCUT2D eigenvalue weighted by Gasteiger charge is 2.66. The van der Waals surface area contributed by atoms with Crippen LogP contribution in [0.15, 0.2) is 42.5 Å². The van der Waals surface area contributed by atoms with Crippen molar-refractivity contribution in [1.29, 1.82) is 0 Å². The number of rotatable bonds is 6. The number of carbonyl (C=O) groups excluding carboxylic acids is 2. The van der Waals surface area contributed by atoms with Crippen LogP contribution in [0.25, 0.3) is 0 Å². The standard InChI is InChI=1S/C36H39F3N2O4/c1-21(2)19-41(32(43)14-9-23-7-10-26(11-8-23)36(37,38)39)28-13-12-27-29-17-24-5-4-6-30-33(24)35(27,34(28)45-30)15-16-40(29)20-25-18-31(25)44-22(3)42/h4-8,10-11,21,25,27-29,31,34H,12-13,15-20H2,1-3H3/t25?,27-,28-,29+,31?,34-,35-/m0/s1. The first kappa shape index (κ1) is 30.2. The maximum Gasteiger partial charge on any atom is 0.416 e. The molecule has 9 heteroatoms. The Labute approximate surface area is 262 Å². The van der Waals surface area contributed by atoms with Crippen molar-refractivity contribution in [3.63, 3.8) is 0 Å². The monoisotopic (exact) mass is 620 g/mol. The third-order valence-corrected chi connectivity index (χ3v) is 10.7. The van der Waals surface area contributed by atoms with Gasteiger partial charge in [0.05, 0.1) is 11.6 Å². The second kappa shape index (κ2) is 11.1. The third-order valence-electron chi connectivity index (χ3n) is 10.7. The van der Waals surface area contributed by atoms with E-state index in [1.165, 1.54) is 30.2 Å². The van der Waals surface area contributed by atoms with Crippen molar-refractivity contribution in [2.45, 2.75) is 88.8 Å². The van der Waals surface area contributed by atoms with E-state index in [2.05, 4.69) is 48.8 Å². The van der Waals surface area contributed by atoms with E-state index in [4.69, 9.17) is 9.47 Å². The van der Waals surface area contributed by atoms with Crippen LogP contribution in [0.3, 0.4) is 0 Å². The number of hydrogen-bond acceptors (Lipinski definition) is 5. The van der Waals surface area contributed by atoms with Gasteiger partial charge in [0.15, 0.2) is 0 Å². The maximum absolute atomic E-state index is 13.8. The predicted molar refractivity (Wildman–Crippen MR) is 161 cm³/mol. The largest absolute Gasteiger partial charge is 0.487 e. The summed E-state index contributed by atoms with van der Waals surface area (Å²) in [6.45, 7) is 8.00. The van der Waals surface area contributed by atoms with E-state index in [0.717, 1.165) is 63.1 Å². The number of hydrogen-bond donors (Lipinski definition) is 0. The second-order valence-electron chi connectivity index (χ2n) is 14.0. The molecule has 45 heavy (non-hydrogen) atoms. The number of esters is 1. The summed E-state index contributed by atoms with van der Waals surface area (Å²) in [4.78, 5) is 29.8. The van der Waals surface area contributed by atoms with E-state index in [1.807, 2.05) is 4.90 Å². The first-order chi connectivity index (χ1) is 21.5. The highest BCUT2D eigenvalue weighted by Crippen LogP contribution is 2.63. The summed E-state index contributed by atoms with van der Waals surface area (Å²) in [5, 5.41) is 0. The molecule has 3 aliphatic carbocycles. The molecule has 1 saturated heterocycles. The van der Waals surface area contributed by atoms with Gasteiger partial charge >= 0.3 is 12.1 Å². The van der Waals surface area contributed by atoms with Gasteiger partial charge < -0.3 is 14.4 Å². The van der Waals surface area contributed by atoms with E-state index in [0.29, 0.717) is 30.0 Å². The molecule has 2 aliphatic heterocycles. The Bertz CT molecular complexity index is 1560. The lowest BCUT2D eigenvalue weighted by Gasteiger charge is -2.60. The second-order valence-corrected chi connectivity index (χ2v) is 14.0. The van der Waals surface area contributed by atoms with Gasteiger partial charge in [-0.2, -0.15) is 13.2 Å². The van der Waals surface area contributed by atoms with Crippen molar-refractivity contribution >= 4 is 11.9 Å². The first-order valence-corrected chi connectivity index (χ1v) is 16.2. The summed E-state index contributed by atoms with van der Waals surface area (Å²) in [5.41, 5.74) is 2.10. The number of nitrogens with zero attached hydrogens (tertiary/aromatic N) is 2. The summed E-state index contributed by atoms with van der Waals surface area (Å²) in [7, 11) is 0. The molecule has 0 N–H and O–H groups in total. The number of piperidine rings is 1. The fraction of sp³-hybridized carbons (Fsp3) is 0.556. The van der Waals surface area contributed by atoms with E-state index in [-0.39, 0.29) is 41.5 Å². The van der Waals surface area contributed by atoms with Gasteiger partial charge in [-0.1, -0.05) is 31.9 Å². The molecule has 2 aromatic rings. The van der Waals surface area contributed by atoms with E-state index in [9.17, 15) is 22.8 Å². The topological polar surface area (TPSA) is 59.1 Å². The maximum atomic E-state index is 13.8. The molecular weight excluding hydrogens is 581 g/mol. The Morgan fingerprint density at radius 3 is 2.64 bits per heavy atom. The lowest BCUT2D eigenvalue weighted by molar-refractivity contribution is -0.143. The Balaban J connectivity index is 1.17. The highest BCUT2D eigenvalue weighted by molar-refractivity contribution is 5.94. The molecule has 2 heterocycles. The normalized spacial score (nSPS) is 30.9. The lowest BCUT2D eigenvalue weighted by Crippen LogP contribution is -2.69. The number of halogens is 3. The molecule has 6 nitrogen and oxygen atoms in total. The molecular formula is C36H39F3N2O4. The van der Waals surface area contributed by atoms with Gasteiger partial charge in [0.1, 0.15) is 18.0 Å². The molecule has 7 atom stereocenters. The minimum Gasteiger partial charge on any atom is -0.487 e. The van der Waals surface area contributed by atoms with Crippen molar-refractivity contribution in [1.82, 2.24) is 9.80 Å². The molecule has 0 aromatic heterocycles. The van der Waals surface area contributed by atoms with Crippen LogP contribution >= 0.6 is 0 Å². The molecule has 1 spiro atoms.